The molecule has 2 unspecified atom stereocenters. The van der Waals surface area contributed by atoms with Gasteiger partial charge < -0.3 is 5.73 Å². The van der Waals surface area contributed by atoms with Gasteiger partial charge in [0.05, 0.1) is 11.1 Å². The number of nitrogens with two attached hydrogens (primary N) is 1. The first-order valence-electron chi connectivity index (χ1n) is 6.63. The highest BCUT2D eigenvalue weighted by molar-refractivity contribution is 5.38. The van der Waals surface area contributed by atoms with Crippen molar-refractivity contribution in [2.45, 2.75) is 50.0 Å². The Hall–Kier alpha value is -1.24. The second kappa shape index (κ2) is 5.51. The van der Waals surface area contributed by atoms with E-state index in [1.54, 1.807) is 0 Å². The number of alkyl halides is 6. The van der Waals surface area contributed by atoms with Crippen molar-refractivity contribution in [2.24, 2.45) is 5.73 Å². The van der Waals surface area contributed by atoms with Crippen molar-refractivity contribution >= 4 is 0 Å². The van der Waals surface area contributed by atoms with Crippen molar-refractivity contribution < 1.29 is 26.3 Å². The largest absolute Gasteiger partial charge is 0.416 e. The summed E-state index contributed by atoms with van der Waals surface area (Å²) in [4.78, 5) is 0. The molecule has 1 aliphatic carbocycles. The van der Waals surface area contributed by atoms with E-state index in [1.165, 1.54) is 0 Å². The maximum atomic E-state index is 13.0. The smallest absolute Gasteiger partial charge is 0.328 e. The summed E-state index contributed by atoms with van der Waals surface area (Å²) >= 11 is 0. The zero-order chi connectivity index (χ0) is 15.8. The molecular weight excluding hydrogens is 296 g/mol. The van der Waals surface area contributed by atoms with Crippen molar-refractivity contribution in [3.05, 3.63) is 34.9 Å². The SMILES string of the molecule is NC1CCCC(c2cc(C(F)(F)F)ccc2C(F)(F)F)C1. The summed E-state index contributed by atoms with van der Waals surface area (Å²) in [5, 5.41) is 0. The quantitative estimate of drug-likeness (QED) is 0.747. The van der Waals surface area contributed by atoms with Gasteiger partial charge in [-0.3, -0.25) is 0 Å². The molecule has 0 heterocycles. The molecule has 0 amide bonds. The van der Waals surface area contributed by atoms with Gasteiger partial charge in [-0.15, -0.1) is 0 Å². The first-order chi connectivity index (χ1) is 9.59. The minimum atomic E-state index is -4.67. The first kappa shape index (κ1) is 16.1. The van der Waals surface area contributed by atoms with Crippen LogP contribution in [-0.4, -0.2) is 6.04 Å². The number of halogens is 6. The van der Waals surface area contributed by atoms with Crippen LogP contribution in [0.1, 0.15) is 48.3 Å². The molecular formula is C14H15F6N. The molecule has 0 bridgehead atoms. The molecule has 1 fully saturated rings. The maximum Gasteiger partial charge on any atom is 0.416 e. The Balaban J connectivity index is 2.48. The van der Waals surface area contributed by atoms with Crippen LogP contribution in [0.2, 0.25) is 0 Å². The van der Waals surface area contributed by atoms with Crippen LogP contribution >= 0.6 is 0 Å². The molecule has 0 aliphatic heterocycles. The Morgan fingerprint density at radius 1 is 0.952 bits per heavy atom. The first-order valence-corrected chi connectivity index (χ1v) is 6.63. The van der Waals surface area contributed by atoms with Gasteiger partial charge in [0.1, 0.15) is 0 Å². The third kappa shape index (κ3) is 3.70. The highest BCUT2D eigenvalue weighted by Crippen LogP contribution is 2.42. The zero-order valence-electron chi connectivity index (χ0n) is 11.1. The van der Waals surface area contributed by atoms with Crippen molar-refractivity contribution in [3.63, 3.8) is 0 Å². The highest BCUT2D eigenvalue weighted by Gasteiger charge is 2.39. The summed E-state index contributed by atoms with van der Waals surface area (Å²) in [5.41, 5.74) is 3.41. The second-order valence-corrected chi connectivity index (χ2v) is 5.42. The van der Waals surface area contributed by atoms with Crippen LogP contribution in [0, 0.1) is 0 Å². The van der Waals surface area contributed by atoms with Crippen LogP contribution in [0.3, 0.4) is 0 Å². The standard InChI is InChI=1S/C14H15F6N/c15-13(16,17)9-4-5-12(14(18,19)20)11(7-9)8-2-1-3-10(21)6-8/h4-5,7-8,10H,1-3,6,21H2. The average molecular weight is 311 g/mol. The third-order valence-corrected chi connectivity index (χ3v) is 3.84. The molecule has 1 aromatic rings. The number of hydrogen-bond donors (Lipinski definition) is 1. The Morgan fingerprint density at radius 3 is 2.14 bits per heavy atom. The lowest BCUT2D eigenvalue weighted by Crippen LogP contribution is -2.28. The summed E-state index contributed by atoms with van der Waals surface area (Å²) in [6, 6.07) is 1.37. The Kier molecular flexibility index (Phi) is 4.24. The van der Waals surface area contributed by atoms with Crippen LogP contribution in [0.15, 0.2) is 18.2 Å². The van der Waals surface area contributed by atoms with Crippen molar-refractivity contribution in [1.29, 1.82) is 0 Å². The summed E-state index contributed by atoms with van der Waals surface area (Å²) in [6.45, 7) is 0. The number of rotatable bonds is 1. The highest BCUT2D eigenvalue weighted by atomic mass is 19.4. The summed E-state index contributed by atoms with van der Waals surface area (Å²) in [5.74, 6) is -0.576. The number of benzene rings is 1. The summed E-state index contributed by atoms with van der Waals surface area (Å²) in [7, 11) is 0. The molecule has 2 rings (SSSR count). The van der Waals surface area contributed by atoms with Crippen LogP contribution in [0.5, 0.6) is 0 Å². The van der Waals surface area contributed by atoms with Gasteiger partial charge in [0.15, 0.2) is 0 Å². The molecule has 1 nitrogen and oxygen atoms in total. The van der Waals surface area contributed by atoms with Crippen molar-refractivity contribution in [3.8, 4) is 0 Å². The van der Waals surface area contributed by atoms with Crippen LogP contribution < -0.4 is 5.73 Å². The van der Waals surface area contributed by atoms with Gasteiger partial charge in [-0.2, -0.15) is 26.3 Å². The van der Waals surface area contributed by atoms with E-state index in [0.29, 0.717) is 37.5 Å². The average Bonchev–Trinajstić information content (AvgIpc) is 2.36. The maximum absolute atomic E-state index is 13.0. The fourth-order valence-electron chi connectivity index (χ4n) is 2.85. The van der Waals surface area contributed by atoms with Crippen molar-refractivity contribution in [1.82, 2.24) is 0 Å². The molecule has 1 saturated carbocycles. The Morgan fingerprint density at radius 2 is 1.62 bits per heavy atom. The molecule has 1 aromatic carbocycles. The minimum absolute atomic E-state index is 0.264. The van der Waals surface area contributed by atoms with E-state index < -0.39 is 29.4 Å². The molecule has 2 N–H and O–H groups in total. The van der Waals surface area contributed by atoms with E-state index in [9.17, 15) is 26.3 Å². The van der Waals surface area contributed by atoms with E-state index in [0.717, 1.165) is 0 Å². The van der Waals surface area contributed by atoms with Crippen LogP contribution in [-0.2, 0) is 12.4 Å². The molecule has 0 aromatic heterocycles. The topological polar surface area (TPSA) is 26.0 Å². The molecule has 0 radical (unpaired) electrons. The van der Waals surface area contributed by atoms with E-state index in [2.05, 4.69) is 0 Å². The molecule has 1 aliphatic rings. The van der Waals surface area contributed by atoms with Gasteiger partial charge in [-0.1, -0.05) is 6.42 Å². The van der Waals surface area contributed by atoms with Crippen molar-refractivity contribution in [2.75, 3.05) is 0 Å². The molecule has 7 heteroatoms. The number of hydrogen-bond acceptors (Lipinski definition) is 1. The van der Waals surface area contributed by atoms with Crippen LogP contribution in [0.25, 0.3) is 0 Å². The molecule has 0 saturated heterocycles. The minimum Gasteiger partial charge on any atom is -0.328 e. The van der Waals surface area contributed by atoms with E-state index in [-0.39, 0.29) is 18.0 Å². The molecule has 0 spiro atoms. The Labute approximate surface area is 118 Å². The monoisotopic (exact) mass is 311 g/mol. The van der Waals surface area contributed by atoms with Gasteiger partial charge in [0.25, 0.3) is 0 Å². The van der Waals surface area contributed by atoms with Gasteiger partial charge >= 0.3 is 12.4 Å². The fraction of sp³-hybridized carbons (Fsp3) is 0.571. The molecule has 118 valence electrons. The van der Waals surface area contributed by atoms with Crippen LogP contribution in [0.4, 0.5) is 26.3 Å². The summed E-state index contributed by atoms with van der Waals surface area (Å²) in [6.07, 6.45) is -7.30. The summed E-state index contributed by atoms with van der Waals surface area (Å²) < 4.78 is 77.3. The lowest BCUT2D eigenvalue weighted by atomic mass is 9.79. The zero-order valence-corrected chi connectivity index (χ0v) is 11.1. The normalized spacial score (nSPS) is 24.1. The van der Waals surface area contributed by atoms with Gasteiger partial charge in [0.2, 0.25) is 0 Å². The van der Waals surface area contributed by atoms with Gasteiger partial charge in [-0.25, -0.2) is 0 Å². The van der Waals surface area contributed by atoms with Gasteiger partial charge in [0, 0.05) is 6.04 Å². The fourth-order valence-corrected chi connectivity index (χ4v) is 2.85. The third-order valence-electron chi connectivity index (χ3n) is 3.84. The predicted octanol–water partition coefficient (Wildman–Crippen LogP) is 4.71. The second-order valence-electron chi connectivity index (χ2n) is 5.42. The van der Waals surface area contributed by atoms with E-state index in [1.807, 2.05) is 0 Å². The molecule has 2 atom stereocenters. The lowest BCUT2D eigenvalue weighted by Gasteiger charge is -2.29. The predicted molar refractivity (Wildman–Crippen MR) is 65.6 cm³/mol. The molecule has 21 heavy (non-hydrogen) atoms. The van der Waals surface area contributed by atoms with E-state index >= 15 is 0 Å². The van der Waals surface area contributed by atoms with Gasteiger partial charge in [-0.05, 0) is 48.9 Å². The Bertz CT molecular complexity index is 505. The lowest BCUT2D eigenvalue weighted by molar-refractivity contribution is -0.142. The van der Waals surface area contributed by atoms with E-state index in [4.69, 9.17) is 5.73 Å².